The number of halogens is 1. The molecule has 3 rings (SSSR count). The van der Waals surface area contributed by atoms with E-state index < -0.39 is 0 Å². The second-order valence-electron chi connectivity index (χ2n) is 5.86. The summed E-state index contributed by atoms with van der Waals surface area (Å²) in [6.45, 7) is 6.22. The number of hydrogen-bond acceptors (Lipinski definition) is 5. The van der Waals surface area contributed by atoms with Gasteiger partial charge < -0.3 is 9.73 Å². The van der Waals surface area contributed by atoms with Crippen molar-refractivity contribution in [2.24, 2.45) is 0 Å². The van der Waals surface area contributed by atoms with Gasteiger partial charge in [-0.3, -0.25) is 4.68 Å². The van der Waals surface area contributed by atoms with Crippen molar-refractivity contribution in [3.05, 3.63) is 53.6 Å². The summed E-state index contributed by atoms with van der Waals surface area (Å²) in [7, 11) is 0. The number of nitrogens with zero attached hydrogens (tertiary/aromatic N) is 4. The van der Waals surface area contributed by atoms with E-state index in [9.17, 15) is 0 Å². The first-order chi connectivity index (χ1) is 11.5. The molecule has 0 aliphatic rings. The molecule has 2 heterocycles. The lowest BCUT2D eigenvalue weighted by molar-refractivity contribution is 0.317. The molecular formula is C17H20ClN5O. The van der Waals surface area contributed by atoms with Gasteiger partial charge in [-0.05, 0) is 45.0 Å². The molecule has 0 radical (unpaired) electrons. The fraction of sp³-hybridized carbons (Fsp3) is 0.353. The average Bonchev–Trinajstić information content (AvgIpc) is 3.25. The zero-order valence-corrected chi connectivity index (χ0v) is 14.6. The van der Waals surface area contributed by atoms with E-state index in [2.05, 4.69) is 34.5 Å². The lowest BCUT2D eigenvalue weighted by atomic mass is 10.1. The van der Waals surface area contributed by atoms with Crippen molar-refractivity contribution in [2.45, 2.75) is 38.9 Å². The molecule has 0 saturated heterocycles. The maximum Gasteiger partial charge on any atom is 0.247 e. The second kappa shape index (κ2) is 7.15. The maximum atomic E-state index is 6.01. The SMILES string of the molecule is C[C@H](N[C@@H](C)[C@@H](C)n1cccn1)c1nnc(-c2cccc(Cl)c2)o1. The highest BCUT2D eigenvalue weighted by Crippen LogP contribution is 2.24. The zero-order chi connectivity index (χ0) is 17.1. The van der Waals surface area contributed by atoms with Crippen LogP contribution in [-0.2, 0) is 0 Å². The molecule has 126 valence electrons. The first kappa shape index (κ1) is 16.7. The first-order valence-corrected chi connectivity index (χ1v) is 8.27. The summed E-state index contributed by atoms with van der Waals surface area (Å²) in [4.78, 5) is 0. The van der Waals surface area contributed by atoms with E-state index in [1.165, 1.54) is 0 Å². The van der Waals surface area contributed by atoms with E-state index in [4.69, 9.17) is 16.0 Å². The van der Waals surface area contributed by atoms with Crippen molar-refractivity contribution >= 4 is 11.6 Å². The molecule has 7 heteroatoms. The molecule has 0 spiro atoms. The van der Waals surface area contributed by atoms with Gasteiger partial charge in [0.15, 0.2) is 0 Å². The molecule has 1 N–H and O–H groups in total. The predicted octanol–water partition coefficient (Wildman–Crippen LogP) is 3.89. The van der Waals surface area contributed by atoms with Crippen molar-refractivity contribution in [1.29, 1.82) is 0 Å². The van der Waals surface area contributed by atoms with Gasteiger partial charge in [-0.25, -0.2) is 0 Å². The number of benzene rings is 1. The Labute approximate surface area is 145 Å². The van der Waals surface area contributed by atoms with Gasteiger partial charge in [0.2, 0.25) is 11.8 Å². The highest BCUT2D eigenvalue weighted by Gasteiger charge is 2.21. The fourth-order valence-corrected chi connectivity index (χ4v) is 2.69. The van der Waals surface area contributed by atoms with Crippen LogP contribution in [0, 0.1) is 0 Å². The van der Waals surface area contributed by atoms with Crippen molar-refractivity contribution in [3.63, 3.8) is 0 Å². The molecule has 0 aliphatic heterocycles. The lowest BCUT2D eigenvalue weighted by Gasteiger charge is -2.24. The van der Waals surface area contributed by atoms with Gasteiger partial charge in [0.05, 0.1) is 12.1 Å². The summed E-state index contributed by atoms with van der Waals surface area (Å²) in [5, 5.41) is 16.7. The van der Waals surface area contributed by atoms with Crippen LogP contribution >= 0.6 is 11.6 Å². The van der Waals surface area contributed by atoms with E-state index >= 15 is 0 Å². The number of rotatable bonds is 6. The molecule has 0 fully saturated rings. The third-order valence-electron chi connectivity index (χ3n) is 4.06. The van der Waals surface area contributed by atoms with Crippen LogP contribution in [0.3, 0.4) is 0 Å². The molecule has 0 amide bonds. The molecule has 3 aromatic rings. The van der Waals surface area contributed by atoms with Crippen LogP contribution in [0.15, 0.2) is 47.1 Å². The minimum Gasteiger partial charge on any atom is -0.419 e. The molecule has 0 aliphatic carbocycles. The van der Waals surface area contributed by atoms with Gasteiger partial charge in [-0.1, -0.05) is 17.7 Å². The minimum atomic E-state index is -0.0709. The van der Waals surface area contributed by atoms with Crippen LogP contribution in [0.4, 0.5) is 0 Å². The summed E-state index contributed by atoms with van der Waals surface area (Å²) in [6, 6.07) is 9.60. The van der Waals surface area contributed by atoms with E-state index in [0.29, 0.717) is 16.8 Å². The standard InChI is InChI=1S/C17H20ClN5O/c1-11(13(3)23-9-5-8-19-23)20-12(2)16-21-22-17(24-16)14-6-4-7-15(18)10-14/h4-13,20H,1-3H3/t11-,12-,13+/m0/s1. The Morgan fingerprint density at radius 2 is 2.00 bits per heavy atom. The molecule has 2 aromatic heterocycles. The molecule has 0 saturated carbocycles. The lowest BCUT2D eigenvalue weighted by Crippen LogP contribution is -2.35. The van der Waals surface area contributed by atoms with E-state index in [0.717, 1.165) is 5.56 Å². The van der Waals surface area contributed by atoms with Gasteiger partial charge in [0, 0.05) is 29.0 Å². The Bertz CT molecular complexity index is 786. The van der Waals surface area contributed by atoms with Crippen LogP contribution in [0.2, 0.25) is 5.02 Å². The average molecular weight is 346 g/mol. The monoisotopic (exact) mass is 345 g/mol. The fourth-order valence-electron chi connectivity index (χ4n) is 2.50. The Morgan fingerprint density at radius 3 is 2.71 bits per heavy atom. The second-order valence-corrected chi connectivity index (χ2v) is 6.30. The minimum absolute atomic E-state index is 0.0709. The number of hydrogen-bond donors (Lipinski definition) is 1. The molecule has 1 aromatic carbocycles. The Kier molecular flexibility index (Phi) is 4.97. The third kappa shape index (κ3) is 3.66. The van der Waals surface area contributed by atoms with Crippen molar-refractivity contribution in [2.75, 3.05) is 0 Å². The quantitative estimate of drug-likeness (QED) is 0.734. The normalized spacial score (nSPS) is 15.2. The Morgan fingerprint density at radius 1 is 1.17 bits per heavy atom. The summed E-state index contributed by atoms with van der Waals surface area (Å²) in [5.41, 5.74) is 0.811. The third-order valence-corrected chi connectivity index (χ3v) is 4.30. The van der Waals surface area contributed by atoms with Crippen LogP contribution in [-0.4, -0.2) is 26.0 Å². The topological polar surface area (TPSA) is 68.8 Å². The van der Waals surface area contributed by atoms with E-state index in [-0.39, 0.29) is 18.1 Å². The van der Waals surface area contributed by atoms with Crippen molar-refractivity contribution in [3.8, 4) is 11.5 Å². The van der Waals surface area contributed by atoms with E-state index in [1.54, 1.807) is 12.3 Å². The van der Waals surface area contributed by atoms with Gasteiger partial charge in [0.1, 0.15) is 0 Å². The van der Waals surface area contributed by atoms with Crippen molar-refractivity contribution < 1.29 is 4.42 Å². The summed E-state index contributed by atoms with van der Waals surface area (Å²) >= 11 is 6.01. The molecule has 24 heavy (non-hydrogen) atoms. The summed E-state index contributed by atoms with van der Waals surface area (Å²) < 4.78 is 7.72. The number of aromatic nitrogens is 4. The summed E-state index contributed by atoms with van der Waals surface area (Å²) in [5.74, 6) is 1.01. The van der Waals surface area contributed by atoms with Gasteiger partial charge in [0.25, 0.3) is 0 Å². The number of nitrogens with one attached hydrogen (secondary N) is 1. The van der Waals surface area contributed by atoms with Gasteiger partial charge in [-0.15, -0.1) is 10.2 Å². The Hall–Kier alpha value is -2.18. The molecule has 6 nitrogen and oxygen atoms in total. The van der Waals surface area contributed by atoms with Gasteiger partial charge in [-0.2, -0.15) is 5.10 Å². The zero-order valence-electron chi connectivity index (χ0n) is 13.8. The molecular weight excluding hydrogens is 326 g/mol. The molecule has 3 atom stereocenters. The van der Waals surface area contributed by atoms with Gasteiger partial charge >= 0.3 is 0 Å². The Balaban J connectivity index is 1.68. The highest BCUT2D eigenvalue weighted by molar-refractivity contribution is 6.30. The van der Waals surface area contributed by atoms with Crippen LogP contribution < -0.4 is 5.32 Å². The van der Waals surface area contributed by atoms with Crippen LogP contribution in [0.25, 0.3) is 11.5 Å². The van der Waals surface area contributed by atoms with Crippen molar-refractivity contribution in [1.82, 2.24) is 25.3 Å². The van der Waals surface area contributed by atoms with E-state index in [1.807, 2.05) is 42.1 Å². The predicted molar refractivity (Wildman–Crippen MR) is 92.7 cm³/mol. The first-order valence-electron chi connectivity index (χ1n) is 7.89. The smallest absolute Gasteiger partial charge is 0.247 e. The maximum absolute atomic E-state index is 6.01. The van der Waals surface area contributed by atoms with Crippen LogP contribution in [0.5, 0.6) is 0 Å². The highest BCUT2D eigenvalue weighted by atomic mass is 35.5. The molecule has 0 unspecified atom stereocenters. The summed E-state index contributed by atoms with van der Waals surface area (Å²) in [6.07, 6.45) is 3.74. The largest absolute Gasteiger partial charge is 0.419 e. The molecule has 0 bridgehead atoms. The van der Waals surface area contributed by atoms with Crippen LogP contribution in [0.1, 0.15) is 38.7 Å².